The molecule has 0 unspecified atom stereocenters. The first-order valence-corrected chi connectivity index (χ1v) is 6.43. The summed E-state index contributed by atoms with van der Waals surface area (Å²) in [6.45, 7) is 5.23. The molecule has 0 aliphatic rings. The average molecular weight is 274 g/mol. The van der Waals surface area contributed by atoms with E-state index in [-0.39, 0.29) is 12.3 Å². The Morgan fingerprint density at radius 3 is 2.65 bits per heavy atom. The lowest BCUT2D eigenvalue weighted by Gasteiger charge is -2.19. The number of carbonyl (C=O) groups is 2. The Labute approximate surface area is 117 Å². The maximum absolute atomic E-state index is 12.1. The number of aromatic amines is 1. The lowest BCUT2D eigenvalue weighted by Crippen LogP contribution is -2.35. The molecule has 1 heterocycles. The van der Waals surface area contributed by atoms with Crippen molar-refractivity contribution in [2.45, 2.75) is 26.4 Å². The van der Waals surface area contributed by atoms with Gasteiger partial charge < -0.3 is 15.0 Å². The summed E-state index contributed by atoms with van der Waals surface area (Å²) in [5.74, 6) is -0.159. The number of aromatic nitrogens is 1. The number of rotatable bonds is 3. The number of fused-ring (bicyclic) bond motifs is 1. The fourth-order valence-electron chi connectivity index (χ4n) is 1.86. The highest BCUT2D eigenvalue weighted by atomic mass is 16.6. The zero-order chi connectivity index (χ0) is 14.8. The van der Waals surface area contributed by atoms with Crippen LogP contribution in [-0.2, 0) is 4.74 Å². The summed E-state index contributed by atoms with van der Waals surface area (Å²) in [7, 11) is 0. The van der Waals surface area contributed by atoms with Crippen LogP contribution in [0.2, 0.25) is 0 Å². The maximum Gasteiger partial charge on any atom is 0.408 e. The van der Waals surface area contributed by atoms with E-state index in [0.717, 1.165) is 10.9 Å². The van der Waals surface area contributed by atoms with Crippen molar-refractivity contribution in [3.05, 3.63) is 36.0 Å². The molecule has 2 aromatic rings. The summed E-state index contributed by atoms with van der Waals surface area (Å²) in [6.07, 6.45) is 1.06. The van der Waals surface area contributed by atoms with E-state index in [1.54, 1.807) is 27.0 Å². The van der Waals surface area contributed by atoms with Gasteiger partial charge in [0, 0.05) is 22.7 Å². The first-order valence-electron chi connectivity index (χ1n) is 6.43. The van der Waals surface area contributed by atoms with Gasteiger partial charge in [-0.3, -0.25) is 4.79 Å². The summed E-state index contributed by atoms with van der Waals surface area (Å²) in [5, 5.41) is 3.32. The van der Waals surface area contributed by atoms with Gasteiger partial charge in [0.05, 0.1) is 6.54 Å². The highest BCUT2D eigenvalue weighted by Crippen LogP contribution is 2.17. The van der Waals surface area contributed by atoms with Crippen LogP contribution >= 0.6 is 0 Å². The van der Waals surface area contributed by atoms with Crippen molar-refractivity contribution >= 4 is 22.8 Å². The number of amides is 1. The molecule has 0 aliphatic carbocycles. The van der Waals surface area contributed by atoms with Crippen LogP contribution in [0.4, 0.5) is 4.79 Å². The molecule has 106 valence electrons. The fourth-order valence-corrected chi connectivity index (χ4v) is 1.86. The molecule has 0 saturated heterocycles. The molecular weight excluding hydrogens is 256 g/mol. The summed E-state index contributed by atoms with van der Waals surface area (Å²) >= 11 is 0. The smallest absolute Gasteiger partial charge is 0.408 e. The third-order valence-electron chi connectivity index (χ3n) is 2.68. The molecular formula is C15H18N2O3. The van der Waals surface area contributed by atoms with Crippen molar-refractivity contribution in [1.29, 1.82) is 0 Å². The number of ether oxygens (including phenoxy) is 1. The zero-order valence-corrected chi connectivity index (χ0v) is 11.8. The molecule has 1 amide bonds. The van der Waals surface area contributed by atoms with Crippen LogP contribution in [0.5, 0.6) is 0 Å². The minimum atomic E-state index is -0.592. The molecule has 2 N–H and O–H groups in total. The monoisotopic (exact) mass is 274 g/mol. The van der Waals surface area contributed by atoms with Gasteiger partial charge in [0.15, 0.2) is 5.78 Å². The molecule has 0 bridgehead atoms. The molecule has 0 fully saturated rings. The third-order valence-corrected chi connectivity index (χ3v) is 2.68. The van der Waals surface area contributed by atoms with Crippen molar-refractivity contribution in [1.82, 2.24) is 10.3 Å². The minimum Gasteiger partial charge on any atom is -0.444 e. The Morgan fingerprint density at radius 2 is 1.95 bits per heavy atom. The van der Waals surface area contributed by atoms with E-state index in [1.165, 1.54) is 0 Å². The summed E-state index contributed by atoms with van der Waals surface area (Å²) in [4.78, 5) is 26.6. The van der Waals surface area contributed by atoms with Crippen molar-refractivity contribution in [2.24, 2.45) is 0 Å². The molecule has 1 aromatic heterocycles. The van der Waals surface area contributed by atoms with Crippen LogP contribution in [0.1, 0.15) is 31.1 Å². The van der Waals surface area contributed by atoms with Gasteiger partial charge in [-0.25, -0.2) is 4.79 Å². The molecule has 5 nitrogen and oxygen atoms in total. The van der Waals surface area contributed by atoms with Crippen LogP contribution in [0, 0.1) is 0 Å². The van der Waals surface area contributed by atoms with Gasteiger partial charge in [-0.15, -0.1) is 0 Å². The highest BCUT2D eigenvalue weighted by molar-refractivity contribution is 6.09. The van der Waals surface area contributed by atoms with Crippen LogP contribution < -0.4 is 5.32 Å². The first kappa shape index (κ1) is 14.1. The number of ketones is 1. The van der Waals surface area contributed by atoms with Crippen LogP contribution in [0.15, 0.2) is 30.5 Å². The summed E-state index contributed by atoms with van der Waals surface area (Å²) < 4.78 is 5.08. The SMILES string of the molecule is CC(C)(C)OC(=O)NCC(=O)c1c[nH]c2ccccc12. The van der Waals surface area contributed by atoms with Gasteiger partial charge in [-0.2, -0.15) is 0 Å². The number of nitrogens with one attached hydrogen (secondary N) is 2. The van der Waals surface area contributed by atoms with E-state index in [0.29, 0.717) is 5.56 Å². The van der Waals surface area contributed by atoms with E-state index in [1.807, 2.05) is 24.3 Å². The molecule has 0 radical (unpaired) electrons. The predicted octanol–water partition coefficient (Wildman–Crippen LogP) is 2.88. The number of benzene rings is 1. The summed E-state index contributed by atoms with van der Waals surface area (Å²) in [6, 6.07) is 7.53. The Morgan fingerprint density at radius 1 is 1.25 bits per heavy atom. The molecule has 5 heteroatoms. The number of H-pyrrole nitrogens is 1. The van der Waals surface area contributed by atoms with Gasteiger partial charge in [-0.05, 0) is 26.8 Å². The topological polar surface area (TPSA) is 71.2 Å². The number of Topliss-reactive ketones (excluding diaryl/α,β-unsaturated/α-hetero) is 1. The Balaban J connectivity index is 2.01. The van der Waals surface area contributed by atoms with Crippen molar-refractivity contribution < 1.29 is 14.3 Å². The second-order valence-corrected chi connectivity index (χ2v) is 5.53. The van der Waals surface area contributed by atoms with Crippen molar-refractivity contribution in [3.8, 4) is 0 Å². The average Bonchev–Trinajstić information content (AvgIpc) is 2.78. The quantitative estimate of drug-likeness (QED) is 0.845. The number of hydrogen-bond donors (Lipinski definition) is 2. The maximum atomic E-state index is 12.1. The normalized spacial score (nSPS) is 11.3. The van der Waals surface area contributed by atoms with Crippen molar-refractivity contribution in [2.75, 3.05) is 6.54 Å². The van der Waals surface area contributed by atoms with E-state index in [9.17, 15) is 9.59 Å². The first-order chi connectivity index (χ1) is 9.37. The number of alkyl carbamates (subject to hydrolysis) is 1. The lowest BCUT2D eigenvalue weighted by atomic mass is 10.1. The van der Waals surface area contributed by atoms with E-state index in [4.69, 9.17) is 4.74 Å². The van der Waals surface area contributed by atoms with E-state index < -0.39 is 11.7 Å². The fraction of sp³-hybridized carbons (Fsp3) is 0.333. The molecule has 0 aliphatic heterocycles. The Bertz CT molecular complexity index is 638. The van der Waals surface area contributed by atoms with Gasteiger partial charge in [0.2, 0.25) is 0 Å². The molecule has 0 saturated carbocycles. The van der Waals surface area contributed by atoms with Crippen LogP contribution in [0.3, 0.4) is 0 Å². The van der Waals surface area contributed by atoms with E-state index >= 15 is 0 Å². The molecule has 0 atom stereocenters. The standard InChI is InChI=1S/C15H18N2O3/c1-15(2,3)20-14(19)17-9-13(18)11-8-16-12-7-5-4-6-10(11)12/h4-8,16H,9H2,1-3H3,(H,17,19). The lowest BCUT2D eigenvalue weighted by molar-refractivity contribution is 0.0520. The van der Waals surface area contributed by atoms with Gasteiger partial charge in [0.25, 0.3) is 0 Å². The highest BCUT2D eigenvalue weighted by Gasteiger charge is 2.18. The number of carbonyl (C=O) groups excluding carboxylic acids is 2. The second kappa shape index (κ2) is 5.36. The summed E-state index contributed by atoms with van der Waals surface area (Å²) in [5.41, 5.74) is 0.887. The second-order valence-electron chi connectivity index (χ2n) is 5.53. The van der Waals surface area contributed by atoms with Gasteiger partial charge >= 0.3 is 6.09 Å². The van der Waals surface area contributed by atoms with Crippen molar-refractivity contribution in [3.63, 3.8) is 0 Å². The number of para-hydroxylation sites is 1. The van der Waals surface area contributed by atoms with Crippen LogP contribution in [0.25, 0.3) is 10.9 Å². The third kappa shape index (κ3) is 3.38. The van der Waals surface area contributed by atoms with Gasteiger partial charge in [-0.1, -0.05) is 18.2 Å². The molecule has 1 aromatic carbocycles. The van der Waals surface area contributed by atoms with Crippen LogP contribution in [-0.4, -0.2) is 29.0 Å². The minimum absolute atomic E-state index is 0.0865. The molecule has 0 spiro atoms. The zero-order valence-electron chi connectivity index (χ0n) is 11.8. The molecule has 20 heavy (non-hydrogen) atoms. The Hall–Kier alpha value is -2.30. The largest absolute Gasteiger partial charge is 0.444 e. The van der Waals surface area contributed by atoms with E-state index in [2.05, 4.69) is 10.3 Å². The predicted molar refractivity (Wildman–Crippen MR) is 76.9 cm³/mol. The Kier molecular flexibility index (Phi) is 3.79. The van der Waals surface area contributed by atoms with Gasteiger partial charge in [0.1, 0.15) is 5.60 Å². The number of hydrogen-bond acceptors (Lipinski definition) is 3. The molecule has 2 rings (SSSR count).